The number of likely N-dealkylation sites (tertiary alicyclic amines) is 1. The zero-order chi connectivity index (χ0) is 18.1. The molecular weight excluding hydrogens is 322 g/mol. The van der Waals surface area contributed by atoms with Crippen molar-refractivity contribution in [2.45, 2.75) is 109 Å². The van der Waals surface area contributed by atoms with Crippen molar-refractivity contribution in [3.8, 4) is 0 Å². The minimum Gasteiger partial charge on any atom is -0.368 e. The van der Waals surface area contributed by atoms with Gasteiger partial charge in [-0.15, -0.1) is 0 Å². The highest BCUT2D eigenvalue weighted by molar-refractivity contribution is 4.92. The number of aliphatic hydroxyl groups excluding tert-OH is 1. The zero-order valence-corrected chi connectivity index (χ0v) is 17.2. The first-order valence-corrected chi connectivity index (χ1v) is 11.6. The highest BCUT2D eigenvalue weighted by Gasteiger charge is 2.42. The minimum atomic E-state index is -0.609. The Hall–Kier alpha value is -0.120. The number of ether oxygens (including phenoxy) is 1. The first kappa shape index (κ1) is 19.2. The summed E-state index contributed by atoms with van der Waals surface area (Å²) >= 11 is 0. The maximum Gasteiger partial charge on any atom is 0.159 e. The fourth-order valence-electron chi connectivity index (χ4n) is 7.00. The van der Waals surface area contributed by atoms with E-state index in [1.807, 2.05) is 0 Å². The smallest absolute Gasteiger partial charge is 0.159 e. The first-order valence-electron chi connectivity index (χ1n) is 11.6. The van der Waals surface area contributed by atoms with Crippen LogP contribution in [0.1, 0.15) is 90.9 Å². The topological polar surface area (TPSA) is 32.7 Å². The molecule has 0 aromatic rings. The standard InChI is InChI=1S/C23H41NO2/c1-17(16-24-12-6-10-20-9-3-4-11-21(20)24)22(25)26-23(2)14-18-7-5-8-19(13-18)15-23/h17-22,25H,3-16H2,1-2H3. The fraction of sp³-hybridized carbons (Fsp3) is 1.00. The Morgan fingerprint density at radius 3 is 2.46 bits per heavy atom. The molecule has 4 aliphatic rings. The van der Waals surface area contributed by atoms with Crippen LogP contribution >= 0.6 is 0 Å². The molecule has 0 aromatic carbocycles. The second-order valence-electron chi connectivity index (χ2n) is 10.5. The van der Waals surface area contributed by atoms with Crippen molar-refractivity contribution in [3.63, 3.8) is 0 Å². The van der Waals surface area contributed by atoms with Gasteiger partial charge in [0, 0.05) is 18.5 Å². The Morgan fingerprint density at radius 2 is 1.69 bits per heavy atom. The average Bonchev–Trinajstić information content (AvgIpc) is 2.61. The molecule has 150 valence electrons. The number of hydrogen-bond acceptors (Lipinski definition) is 3. The molecule has 2 bridgehead atoms. The molecule has 3 aliphatic carbocycles. The highest BCUT2D eigenvalue weighted by atomic mass is 16.6. The molecule has 0 aromatic heterocycles. The molecule has 6 unspecified atom stereocenters. The molecule has 0 spiro atoms. The number of rotatable bonds is 5. The van der Waals surface area contributed by atoms with Gasteiger partial charge in [-0.05, 0) is 76.2 Å². The summed E-state index contributed by atoms with van der Waals surface area (Å²) in [7, 11) is 0. The van der Waals surface area contributed by atoms with E-state index in [9.17, 15) is 5.11 Å². The lowest BCUT2D eigenvalue weighted by Crippen LogP contribution is -2.50. The van der Waals surface area contributed by atoms with Gasteiger partial charge in [-0.3, -0.25) is 4.90 Å². The number of hydrogen-bond donors (Lipinski definition) is 1. The molecule has 3 heteroatoms. The van der Waals surface area contributed by atoms with Gasteiger partial charge in [-0.2, -0.15) is 0 Å². The van der Waals surface area contributed by atoms with Crippen molar-refractivity contribution in [1.82, 2.24) is 4.90 Å². The number of aliphatic hydroxyl groups is 1. The van der Waals surface area contributed by atoms with Crippen LogP contribution in [-0.4, -0.2) is 41.0 Å². The van der Waals surface area contributed by atoms with Gasteiger partial charge in [0.05, 0.1) is 5.60 Å². The van der Waals surface area contributed by atoms with Crippen molar-refractivity contribution in [2.75, 3.05) is 13.1 Å². The monoisotopic (exact) mass is 363 g/mol. The van der Waals surface area contributed by atoms with Crippen LogP contribution in [0.25, 0.3) is 0 Å². The lowest BCUT2D eigenvalue weighted by Gasteiger charge is -2.47. The number of nitrogens with zero attached hydrogens (tertiary/aromatic N) is 1. The van der Waals surface area contributed by atoms with Crippen LogP contribution in [0.15, 0.2) is 0 Å². The van der Waals surface area contributed by atoms with Crippen LogP contribution in [0.5, 0.6) is 0 Å². The SMILES string of the molecule is CC(CN1CCCC2CCCCC21)C(O)OC1(C)CC2CCCC(C2)C1. The predicted molar refractivity (Wildman–Crippen MR) is 106 cm³/mol. The molecule has 1 N–H and O–H groups in total. The summed E-state index contributed by atoms with van der Waals surface area (Å²) in [6.07, 6.45) is 15.6. The maximum absolute atomic E-state index is 10.9. The van der Waals surface area contributed by atoms with E-state index in [1.165, 1.54) is 70.8 Å². The molecule has 1 aliphatic heterocycles. The second-order valence-corrected chi connectivity index (χ2v) is 10.5. The third-order valence-electron chi connectivity index (χ3n) is 8.11. The Bertz CT molecular complexity index is 453. The Morgan fingerprint density at radius 1 is 1.00 bits per heavy atom. The largest absolute Gasteiger partial charge is 0.368 e. The molecule has 6 atom stereocenters. The van der Waals surface area contributed by atoms with E-state index in [-0.39, 0.29) is 11.5 Å². The lowest BCUT2D eigenvalue weighted by atomic mass is 9.66. The van der Waals surface area contributed by atoms with Crippen molar-refractivity contribution < 1.29 is 9.84 Å². The molecule has 1 heterocycles. The predicted octanol–water partition coefficient (Wildman–Crippen LogP) is 4.97. The van der Waals surface area contributed by atoms with Crippen LogP contribution in [0.3, 0.4) is 0 Å². The number of fused-ring (bicyclic) bond motifs is 3. The van der Waals surface area contributed by atoms with E-state index in [0.717, 1.165) is 43.2 Å². The maximum atomic E-state index is 10.9. The Labute approximate surface area is 160 Å². The van der Waals surface area contributed by atoms with Crippen LogP contribution in [0, 0.1) is 23.7 Å². The normalized spacial score (nSPS) is 43.5. The van der Waals surface area contributed by atoms with Gasteiger partial charge < -0.3 is 9.84 Å². The Balaban J connectivity index is 1.32. The summed E-state index contributed by atoms with van der Waals surface area (Å²) in [5.74, 6) is 2.78. The fourth-order valence-corrected chi connectivity index (χ4v) is 7.00. The summed E-state index contributed by atoms with van der Waals surface area (Å²) in [5, 5.41) is 10.9. The highest BCUT2D eigenvalue weighted by Crippen LogP contribution is 2.46. The van der Waals surface area contributed by atoms with Gasteiger partial charge in [0.1, 0.15) is 0 Å². The Kier molecular flexibility index (Phi) is 5.98. The number of piperidine rings is 1. The summed E-state index contributed by atoms with van der Waals surface area (Å²) in [6, 6.07) is 0.775. The van der Waals surface area contributed by atoms with Crippen LogP contribution in [-0.2, 0) is 4.74 Å². The molecule has 3 nitrogen and oxygen atoms in total. The second kappa shape index (κ2) is 8.09. The molecular formula is C23H41NO2. The molecule has 0 amide bonds. The van der Waals surface area contributed by atoms with Crippen LogP contribution < -0.4 is 0 Å². The summed E-state index contributed by atoms with van der Waals surface area (Å²) < 4.78 is 6.38. The minimum absolute atomic E-state index is 0.100. The molecule has 1 saturated heterocycles. The van der Waals surface area contributed by atoms with Crippen LogP contribution in [0.2, 0.25) is 0 Å². The van der Waals surface area contributed by atoms with E-state index in [0.29, 0.717) is 0 Å². The lowest BCUT2D eigenvalue weighted by molar-refractivity contribution is -0.225. The molecule has 4 rings (SSSR count). The van der Waals surface area contributed by atoms with Crippen molar-refractivity contribution in [3.05, 3.63) is 0 Å². The first-order chi connectivity index (χ1) is 12.5. The third-order valence-corrected chi connectivity index (χ3v) is 8.11. The molecule has 3 saturated carbocycles. The van der Waals surface area contributed by atoms with Crippen molar-refractivity contribution in [2.24, 2.45) is 23.7 Å². The van der Waals surface area contributed by atoms with E-state index in [4.69, 9.17) is 4.74 Å². The molecule has 0 radical (unpaired) electrons. The summed E-state index contributed by atoms with van der Waals surface area (Å²) in [5.41, 5.74) is -0.100. The van der Waals surface area contributed by atoms with Gasteiger partial charge in [-0.1, -0.05) is 39.0 Å². The van der Waals surface area contributed by atoms with Crippen molar-refractivity contribution >= 4 is 0 Å². The average molecular weight is 364 g/mol. The molecule has 4 fully saturated rings. The van der Waals surface area contributed by atoms with Gasteiger partial charge in [-0.25, -0.2) is 0 Å². The quantitative estimate of drug-likeness (QED) is 0.700. The van der Waals surface area contributed by atoms with Gasteiger partial charge in [0.25, 0.3) is 0 Å². The van der Waals surface area contributed by atoms with Crippen LogP contribution in [0.4, 0.5) is 0 Å². The summed E-state index contributed by atoms with van der Waals surface area (Å²) in [4.78, 5) is 2.70. The van der Waals surface area contributed by atoms with E-state index in [2.05, 4.69) is 18.7 Å². The van der Waals surface area contributed by atoms with E-state index < -0.39 is 6.29 Å². The van der Waals surface area contributed by atoms with Gasteiger partial charge in [0.2, 0.25) is 0 Å². The van der Waals surface area contributed by atoms with Gasteiger partial charge >= 0.3 is 0 Å². The zero-order valence-electron chi connectivity index (χ0n) is 17.2. The molecule has 26 heavy (non-hydrogen) atoms. The third kappa shape index (κ3) is 4.31. The summed E-state index contributed by atoms with van der Waals surface area (Å²) in [6.45, 7) is 6.69. The van der Waals surface area contributed by atoms with E-state index in [1.54, 1.807) is 0 Å². The van der Waals surface area contributed by atoms with E-state index >= 15 is 0 Å². The van der Waals surface area contributed by atoms with Gasteiger partial charge in [0.15, 0.2) is 6.29 Å². The van der Waals surface area contributed by atoms with Crippen molar-refractivity contribution in [1.29, 1.82) is 0 Å².